The molecule has 6 heteroatoms. The van der Waals surface area contributed by atoms with Crippen LogP contribution in [0.2, 0.25) is 0 Å². The summed E-state index contributed by atoms with van der Waals surface area (Å²) < 4.78 is 1.18. The minimum absolute atomic E-state index is 0.195. The number of carbonyl (C=O) groups is 2. The van der Waals surface area contributed by atoms with Crippen LogP contribution in [-0.4, -0.2) is 40.7 Å². The van der Waals surface area contributed by atoms with Crippen LogP contribution in [-0.2, 0) is 9.59 Å². The van der Waals surface area contributed by atoms with Crippen LogP contribution in [0.5, 0.6) is 0 Å². The zero-order chi connectivity index (χ0) is 14.4. The molecule has 2 heterocycles. The van der Waals surface area contributed by atoms with E-state index in [-0.39, 0.29) is 12.3 Å². The van der Waals surface area contributed by atoms with Crippen molar-refractivity contribution >= 4 is 35.0 Å². The summed E-state index contributed by atoms with van der Waals surface area (Å²) >= 11 is 3.25. The Hall–Kier alpha value is -1.01. The summed E-state index contributed by atoms with van der Waals surface area (Å²) in [7, 11) is 0. The number of hydrogen-bond donors (Lipinski definition) is 1. The van der Waals surface area contributed by atoms with Gasteiger partial charge in [-0.25, -0.2) is 0 Å². The van der Waals surface area contributed by atoms with Crippen LogP contribution in [0.1, 0.15) is 25.7 Å². The highest BCUT2D eigenvalue weighted by Crippen LogP contribution is 2.25. The standard InChI is InChI=1S/C14H19NO3S2/c16-12(10-20-14-2-1-9-19-14)15-7-5-11(6-8-15)3-4-13(17)18/h1-2,9,11H,3-8,10H2,(H,17,18). The fourth-order valence-electron chi connectivity index (χ4n) is 2.37. The molecule has 0 saturated carbocycles. The van der Waals surface area contributed by atoms with Gasteiger partial charge in [0.25, 0.3) is 0 Å². The number of carboxylic acid groups (broad SMARTS) is 1. The van der Waals surface area contributed by atoms with Gasteiger partial charge in [-0.15, -0.1) is 23.1 Å². The monoisotopic (exact) mass is 313 g/mol. The molecule has 1 aliphatic rings. The van der Waals surface area contributed by atoms with Crippen LogP contribution in [0, 0.1) is 5.92 Å². The van der Waals surface area contributed by atoms with Gasteiger partial charge in [0.15, 0.2) is 0 Å². The fourth-order valence-corrected chi connectivity index (χ4v) is 4.06. The molecule has 20 heavy (non-hydrogen) atoms. The van der Waals surface area contributed by atoms with Gasteiger partial charge in [0.1, 0.15) is 0 Å². The molecule has 1 aromatic heterocycles. The van der Waals surface area contributed by atoms with Gasteiger partial charge >= 0.3 is 5.97 Å². The smallest absolute Gasteiger partial charge is 0.303 e. The van der Waals surface area contributed by atoms with Crippen LogP contribution in [0.25, 0.3) is 0 Å². The second kappa shape index (κ2) is 7.69. The molecule has 1 aromatic rings. The molecule has 1 fully saturated rings. The lowest BCUT2D eigenvalue weighted by Crippen LogP contribution is -2.39. The highest BCUT2D eigenvalue weighted by atomic mass is 32.2. The molecule has 0 bridgehead atoms. The number of nitrogens with zero attached hydrogens (tertiary/aromatic N) is 1. The predicted octanol–water partition coefficient (Wildman–Crippen LogP) is 2.94. The van der Waals surface area contributed by atoms with Crippen molar-refractivity contribution in [3.05, 3.63) is 17.5 Å². The Labute approximate surface area is 127 Å². The first-order chi connectivity index (χ1) is 9.65. The minimum atomic E-state index is -0.726. The number of rotatable bonds is 6. The second-order valence-corrected chi connectivity index (χ2v) is 7.20. The third-order valence-corrected chi connectivity index (χ3v) is 5.68. The van der Waals surface area contributed by atoms with E-state index in [0.29, 0.717) is 11.7 Å². The Kier molecular flexibility index (Phi) is 5.91. The molecule has 0 spiro atoms. The summed E-state index contributed by atoms with van der Waals surface area (Å²) in [6.07, 6.45) is 2.85. The summed E-state index contributed by atoms with van der Waals surface area (Å²) in [5, 5.41) is 10.7. The minimum Gasteiger partial charge on any atom is -0.481 e. The van der Waals surface area contributed by atoms with Crippen molar-refractivity contribution in [1.29, 1.82) is 0 Å². The summed E-state index contributed by atoms with van der Waals surface area (Å²) in [5.41, 5.74) is 0. The molecule has 0 aliphatic carbocycles. The Bertz CT molecular complexity index is 439. The quantitative estimate of drug-likeness (QED) is 0.820. The molecule has 110 valence electrons. The number of thioether (sulfide) groups is 1. The summed E-state index contributed by atoms with van der Waals surface area (Å²) in [6.45, 7) is 1.54. The van der Waals surface area contributed by atoms with E-state index < -0.39 is 5.97 Å². The maximum atomic E-state index is 12.1. The number of aliphatic carboxylic acids is 1. The first-order valence-corrected chi connectivity index (χ1v) is 8.67. The Balaban J connectivity index is 1.67. The maximum Gasteiger partial charge on any atom is 0.303 e. The normalized spacial score (nSPS) is 16.3. The average molecular weight is 313 g/mol. The highest BCUT2D eigenvalue weighted by Gasteiger charge is 2.23. The fraction of sp³-hybridized carbons (Fsp3) is 0.571. The SMILES string of the molecule is O=C(O)CCC1CCN(C(=O)CSc2cccs2)CC1. The van der Waals surface area contributed by atoms with Gasteiger partial charge in [-0.3, -0.25) is 9.59 Å². The van der Waals surface area contributed by atoms with E-state index in [1.807, 2.05) is 22.4 Å². The maximum absolute atomic E-state index is 12.1. The largest absolute Gasteiger partial charge is 0.481 e. The number of likely N-dealkylation sites (tertiary alicyclic amines) is 1. The summed E-state index contributed by atoms with van der Waals surface area (Å²) in [5.74, 6) is 0.427. The Morgan fingerprint density at radius 3 is 2.75 bits per heavy atom. The first kappa shape index (κ1) is 15.4. The van der Waals surface area contributed by atoms with E-state index in [1.54, 1.807) is 23.1 Å². The Morgan fingerprint density at radius 2 is 2.15 bits per heavy atom. The van der Waals surface area contributed by atoms with Gasteiger partial charge in [0.2, 0.25) is 5.91 Å². The summed E-state index contributed by atoms with van der Waals surface area (Å²) in [6, 6.07) is 4.02. The number of thiophene rings is 1. The van der Waals surface area contributed by atoms with Crippen molar-refractivity contribution in [2.45, 2.75) is 29.9 Å². The van der Waals surface area contributed by atoms with E-state index >= 15 is 0 Å². The van der Waals surface area contributed by atoms with Gasteiger partial charge < -0.3 is 10.0 Å². The topological polar surface area (TPSA) is 57.6 Å². The first-order valence-electron chi connectivity index (χ1n) is 6.81. The predicted molar refractivity (Wildman–Crippen MR) is 81.2 cm³/mol. The van der Waals surface area contributed by atoms with Gasteiger partial charge in [-0.05, 0) is 36.6 Å². The summed E-state index contributed by atoms with van der Waals surface area (Å²) in [4.78, 5) is 24.5. The number of hydrogen-bond acceptors (Lipinski definition) is 4. The molecule has 1 saturated heterocycles. The van der Waals surface area contributed by atoms with E-state index in [9.17, 15) is 9.59 Å². The van der Waals surface area contributed by atoms with Gasteiger partial charge in [-0.1, -0.05) is 6.07 Å². The second-order valence-electron chi connectivity index (χ2n) is 4.98. The third kappa shape index (κ3) is 4.83. The van der Waals surface area contributed by atoms with E-state index in [1.165, 1.54) is 4.21 Å². The molecule has 0 radical (unpaired) electrons. The molecule has 0 aromatic carbocycles. The van der Waals surface area contributed by atoms with Crippen molar-refractivity contribution in [2.24, 2.45) is 5.92 Å². The molecular weight excluding hydrogens is 294 g/mol. The lowest BCUT2D eigenvalue weighted by atomic mass is 9.92. The molecular formula is C14H19NO3S2. The van der Waals surface area contributed by atoms with Crippen molar-refractivity contribution in [2.75, 3.05) is 18.8 Å². The lowest BCUT2D eigenvalue weighted by Gasteiger charge is -2.31. The molecule has 1 aliphatic heterocycles. The molecule has 4 nitrogen and oxygen atoms in total. The van der Waals surface area contributed by atoms with Crippen LogP contribution in [0.3, 0.4) is 0 Å². The van der Waals surface area contributed by atoms with Crippen molar-refractivity contribution < 1.29 is 14.7 Å². The number of amides is 1. The number of carbonyl (C=O) groups excluding carboxylic acids is 1. The highest BCUT2D eigenvalue weighted by molar-refractivity contribution is 8.01. The van der Waals surface area contributed by atoms with Crippen molar-refractivity contribution in [3.8, 4) is 0 Å². The molecule has 2 rings (SSSR count). The van der Waals surface area contributed by atoms with Crippen molar-refractivity contribution in [1.82, 2.24) is 4.90 Å². The number of piperidine rings is 1. The van der Waals surface area contributed by atoms with Crippen LogP contribution >= 0.6 is 23.1 Å². The molecule has 1 N–H and O–H groups in total. The molecule has 0 unspecified atom stereocenters. The Morgan fingerprint density at radius 1 is 1.40 bits per heavy atom. The zero-order valence-corrected chi connectivity index (χ0v) is 12.9. The molecule has 1 amide bonds. The average Bonchev–Trinajstić information content (AvgIpc) is 2.96. The van der Waals surface area contributed by atoms with Gasteiger partial charge in [0, 0.05) is 19.5 Å². The van der Waals surface area contributed by atoms with Gasteiger partial charge in [0.05, 0.1) is 9.96 Å². The van der Waals surface area contributed by atoms with E-state index in [2.05, 4.69) is 0 Å². The van der Waals surface area contributed by atoms with Crippen molar-refractivity contribution in [3.63, 3.8) is 0 Å². The van der Waals surface area contributed by atoms with E-state index in [0.717, 1.165) is 32.4 Å². The van der Waals surface area contributed by atoms with E-state index in [4.69, 9.17) is 5.11 Å². The molecule has 0 atom stereocenters. The lowest BCUT2D eigenvalue weighted by molar-refractivity contribution is -0.137. The van der Waals surface area contributed by atoms with Crippen LogP contribution < -0.4 is 0 Å². The third-order valence-electron chi connectivity index (χ3n) is 3.57. The zero-order valence-electron chi connectivity index (χ0n) is 11.3. The van der Waals surface area contributed by atoms with Gasteiger partial charge in [-0.2, -0.15) is 0 Å². The van der Waals surface area contributed by atoms with Crippen LogP contribution in [0.4, 0.5) is 0 Å². The van der Waals surface area contributed by atoms with Crippen LogP contribution in [0.15, 0.2) is 21.7 Å². The number of carboxylic acids is 1.